The molecule has 1 unspecified atom stereocenters. The van der Waals surface area contributed by atoms with E-state index < -0.39 is 6.10 Å². The fraction of sp³-hybridized carbons (Fsp3) is 0.409. The summed E-state index contributed by atoms with van der Waals surface area (Å²) in [5.41, 5.74) is 2.56. The third-order valence-electron chi connectivity index (χ3n) is 5.31. The summed E-state index contributed by atoms with van der Waals surface area (Å²) in [5, 5.41) is 3.23. The summed E-state index contributed by atoms with van der Waals surface area (Å²) in [7, 11) is 0. The molecule has 27 heavy (non-hydrogen) atoms. The summed E-state index contributed by atoms with van der Waals surface area (Å²) in [4.78, 5) is 15.1. The van der Waals surface area contributed by atoms with Crippen molar-refractivity contribution < 1.29 is 14.3 Å². The Hall–Kier alpha value is -2.21. The van der Waals surface area contributed by atoms with Crippen molar-refractivity contribution >= 4 is 5.91 Å². The van der Waals surface area contributed by atoms with E-state index in [1.165, 1.54) is 11.1 Å². The maximum absolute atomic E-state index is 12.7. The predicted molar refractivity (Wildman–Crippen MR) is 103 cm³/mol. The van der Waals surface area contributed by atoms with Gasteiger partial charge in [0.05, 0.1) is 19.8 Å². The molecule has 5 nitrogen and oxygen atoms in total. The van der Waals surface area contributed by atoms with Crippen LogP contribution in [0, 0.1) is 0 Å². The Morgan fingerprint density at radius 2 is 1.74 bits per heavy atom. The standard InChI is InChI=1S/C22H26N2O3/c25-22(21-16-26-11-12-27-21)23-20-15-24(13-17-7-3-1-4-8-17)14-19(20)18-9-5-2-6-10-18/h1-10,19-21H,11-16H2,(H,23,25)/t19-,20+,21?/m0/s1. The lowest BCUT2D eigenvalue weighted by Gasteiger charge is -2.26. The van der Waals surface area contributed by atoms with Gasteiger partial charge in [0.2, 0.25) is 0 Å². The number of carbonyl (C=O) groups excluding carboxylic acids is 1. The highest BCUT2D eigenvalue weighted by Crippen LogP contribution is 2.29. The molecule has 4 rings (SSSR count). The summed E-state index contributed by atoms with van der Waals surface area (Å²) >= 11 is 0. The van der Waals surface area contributed by atoms with Crippen LogP contribution in [0.25, 0.3) is 0 Å². The van der Waals surface area contributed by atoms with Crippen LogP contribution in [-0.4, -0.2) is 55.9 Å². The lowest BCUT2D eigenvalue weighted by molar-refractivity contribution is -0.148. The maximum atomic E-state index is 12.7. The summed E-state index contributed by atoms with van der Waals surface area (Å²) in [6.45, 7) is 4.01. The van der Waals surface area contributed by atoms with Crippen LogP contribution < -0.4 is 5.32 Å². The van der Waals surface area contributed by atoms with Crippen LogP contribution in [-0.2, 0) is 20.8 Å². The smallest absolute Gasteiger partial charge is 0.251 e. The first kappa shape index (κ1) is 18.2. The fourth-order valence-electron chi connectivity index (χ4n) is 3.96. The molecule has 1 amide bonds. The van der Waals surface area contributed by atoms with E-state index in [9.17, 15) is 4.79 Å². The second-order valence-corrected chi connectivity index (χ2v) is 7.25. The minimum Gasteiger partial charge on any atom is -0.376 e. The Bertz CT molecular complexity index is 732. The first-order valence-electron chi connectivity index (χ1n) is 9.60. The van der Waals surface area contributed by atoms with Crippen molar-refractivity contribution in [2.45, 2.75) is 24.6 Å². The Morgan fingerprint density at radius 3 is 2.44 bits per heavy atom. The predicted octanol–water partition coefficient (Wildman–Crippen LogP) is 2.19. The van der Waals surface area contributed by atoms with E-state index in [-0.39, 0.29) is 17.9 Å². The van der Waals surface area contributed by atoms with Crippen molar-refractivity contribution in [3.05, 3.63) is 71.8 Å². The SMILES string of the molecule is O=C(N[C@@H]1CN(Cc2ccccc2)C[C@H]1c1ccccc1)C1COCCO1. The van der Waals surface area contributed by atoms with Gasteiger partial charge in [0.1, 0.15) is 0 Å². The minimum atomic E-state index is -0.502. The first-order chi connectivity index (χ1) is 13.3. The molecule has 2 aromatic rings. The van der Waals surface area contributed by atoms with Gasteiger partial charge in [-0.25, -0.2) is 0 Å². The summed E-state index contributed by atoms with van der Waals surface area (Å²) in [5.74, 6) is 0.200. The number of ether oxygens (including phenoxy) is 2. The van der Waals surface area contributed by atoms with Crippen molar-refractivity contribution in [3.8, 4) is 0 Å². The average Bonchev–Trinajstić information content (AvgIpc) is 3.12. The summed E-state index contributed by atoms with van der Waals surface area (Å²) < 4.78 is 10.9. The zero-order valence-electron chi connectivity index (χ0n) is 15.4. The van der Waals surface area contributed by atoms with E-state index in [0.29, 0.717) is 19.8 Å². The molecule has 0 saturated carbocycles. The van der Waals surface area contributed by atoms with Crippen molar-refractivity contribution in [1.82, 2.24) is 10.2 Å². The lowest BCUT2D eigenvalue weighted by Crippen LogP contribution is -2.48. The van der Waals surface area contributed by atoms with Crippen LogP contribution in [0.3, 0.4) is 0 Å². The molecule has 5 heteroatoms. The van der Waals surface area contributed by atoms with Gasteiger partial charge in [0.15, 0.2) is 6.10 Å². The van der Waals surface area contributed by atoms with Crippen LogP contribution in [0.15, 0.2) is 60.7 Å². The Morgan fingerprint density at radius 1 is 1.00 bits per heavy atom. The zero-order valence-corrected chi connectivity index (χ0v) is 15.4. The van der Waals surface area contributed by atoms with Gasteiger partial charge in [-0.15, -0.1) is 0 Å². The normalized spacial score (nSPS) is 26.0. The van der Waals surface area contributed by atoms with Crippen LogP contribution in [0.4, 0.5) is 0 Å². The Balaban J connectivity index is 1.47. The molecule has 0 spiro atoms. The van der Waals surface area contributed by atoms with Crippen LogP contribution in [0.1, 0.15) is 17.0 Å². The fourth-order valence-corrected chi connectivity index (χ4v) is 3.96. The highest BCUT2D eigenvalue weighted by atomic mass is 16.6. The number of hydrogen-bond donors (Lipinski definition) is 1. The molecular formula is C22H26N2O3. The van der Waals surface area contributed by atoms with Crippen LogP contribution in [0.2, 0.25) is 0 Å². The molecule has 0 aliphatic carbocycles. The molecule has 3 atom stereocenters. The number of carbonyl (C=O) groups is 1. The Kier molecular flexibility index (Phi) is 5.82. The Labute approximate surface area is 160 Å². The van der Waals surface area contributed by atoms with Gasteiger partial charge in [-0.1, -0.05) is 60.7 Å². The molecule has 0 bridgehead atoms. The molecule has 2 fully saturated rings. The zero-order chi connectivity index (χ0) is 18.5. The highest BCUT2D eigenvalue weighted by molar-refractivity contribution is 5.81. The largest absolute Gasteiger partial charge is 0.376 e. The van der Waals surface area contributed by atoms with Gasteiger partial charge < -0.3 is 14.8 Å². The summed E-state index contributed by atoms with van der Waals surface area (Å²) in [6.07, 6.45) is -0.502. The van der Waals surface area contributed by atoms with Crippen molar-refractivity contribution in [2.24, 2.45) is 0 Å². The number of amides is 1. The van der Waals surface area contributed by atoms with Gasteiger partial charge >= 0.3 is 0 Å². The number of rotatable bonds is 5. The average molecular weight is 366 g/mol. The second kappa shape index (κ2) is 8.65. The van der Waals surface area contributed by atoms with E-state index in [0.717, 1.165) is 19.6 Å². The van der Waals surface area contributed by atoms with Gasteiger partial charge in [-0.2, -0.15) is 0 Å². The molecule has 2 aliphatic rings. The topological polar surface area (TPSA) is 50.8 Å². The number of nitrogens with one attached hydrogen (secondary N) is 1. The highest BCUT2D eigenvalue weighted by Gasteiger charge is 2.36. The third-order valence-corrected chi connectivity index (χ3v) is 5.31. The van der Waals surface area contributed by atoms with Crippen molar-refractivity contribution in [3.63, 3.8) is 0 Å². The van der Waals surface area contributed by atoms with E-state index in [1.54, 1.807) is 0 Å². The van der Waals surface area contributed by atoms with Crippen LogP contribution >= 0.6 is 0 Å². The van der Waals surface area contributed by atoms with E-state index in [2.05, 4.69) is 58.7 Å². The van der Waals surface area contributed by atoms with E-state index in [4.69, 9.17) is 9.47 Å². The van der Waals surface area contributed by atoms with Gasteiger partial charge in [-0.3, -0.25) is 9.69 Å². The number of benzene rings is 2. The molecule has 2 heterocycles. The van der Waals surface area contributed by atoms with E-state index >= 15 is 0 Å². The van der Waals surface area contributed by atoms with E-state index in [1.807, 2.05) is 12.1 Å². The lowest BCUT2D eigenvalue weighted by atomic mass is 9.94. The minimum absolute atomic E-state index is 0.0640. The molecular weight excluding hydrogens is 340 g/mol. The summed E-state index contributed by atoms with van der Waals surface area (Å²) in [6, 6.07) is 21.0. The van der Waals surface area contributed by atoms with Crippen molar-refractivity contribution in [1.29, 1.82) is 0 Å². The molecule has 2 saturated heterocycles. The molecule has 2 aliphatic heterocycles. The number of hydrogen-bond acceptors (Lipinski definition) is 4. The van der Waals surface area contributed by atoms with Gasteiger partial charge in [0, 0.05) is 31.6 Å². The van der Waals surface area contributed by atoms with Gasteiger partial charge in [-0.05, 0) is 11.1 Å². The second-order valence-electron chi connectivity index (χ2n) is 7.25. The molecule has 0 aromatic heterocycles. The maximum Gasteiger partial charge on any atom is 0.251 e. The monoisotopic (exact) mass is 366 g/mol. The number of nitrogens with zero attached hydrogens (tertiary/aromatic N) is 1. The quantitative estimate of drug-likeness (QED) is 0.881. The first-order valence-corrected chi connectivity index (χ1v) is 9.60. The third kappa shape index (κ3) is 4.56. The van der Waals surface area contributed by atoms with Crippen molar-refractivity contribution in [2.75, 3.05) is 32.9 Å². The molecule has 2 aromatic carbocycles. The molecule has 142 valence electrons. The number of likely N-dealkylation sites (tertiary alicyclic amines) is 1. The molecule has 1 N–H and O–H groups in total. The van der Waals surface area contributed by atoms with Gasteiger partial charge in [0.25, 0.3) is 5.91 Å². The molecule has 0 radical (unpaired) electrons. The van der Waals surface area contributed by atoms with Crippen LogP contribution in [0.5, 0.6) is 0 Å².